The lowest BCUT2D eigenvalue weighted by Gasteiger charge is -2.06. The first-order valence-electron chi connectivity index (χ1n) is 3.86. The van der Waals surface area contributed by atoms with Gasteiger partial charge in [-0.3, -0.25) is 4.84 Å². The molecule has 1 rings (SSSR count). The second kappa shape index (κ2) is 4.39. The van der Waals surface area contributed by atoms with Gasteiger partial charge in [-0.05, 0) is 12.1 Å². The van der Waals surface area contributed by atoms with Gasteiger partial charge in [-0.25, -0.2) is 13.2 Å². The Kier molecular flexibility index (Phi) is 3.40. The second-order valence-electron chi connectivity index (χ2n) is 2.59. The molecule has 0 amide bonds. The molecule has 0 bridgehead atoms. The topological polar surface area (TPSA) is 92.7 Å². The van der Waals surface area contributed by atoms with Crippen LogP contribution in [0.15, 0.2) is 29.2 Å². The Balaban J connectivity index is 3.31. The molecule has 1 aromatic rings. The van der Waals surface area contributed by atoms with Crippen molar-refractivity contribution in [1.29, 1.82) is 0 Å². The lowest BCUT2D eigenvalue weighted by Crippen LogP contribution is -2.24. The summed E-state index contributed by atoms with van der Waals surface area (Å²) in [5.41, 5.74) is -0.304. The van der Waals surface area contributed by atoms with Gasteiger partial charge in [-0.2, -0.15) is 0 Å². The Morgan fingerprint density at radius 1 is 1.40 bits per heavy atom. The van der Waals surface area contributed by atoms with Crippen LogP contribution in [0.25, 0.3) is 0 Å². The maximum atomic E-state index is 11.5. The summed E-state index contributed by atoms with van der Waals surface area (Å²) in [5, 5.41) is 8.76. The number of rotatable bonds is 4. The zero-order chi connectivity index (χ0) is 11.5. The van der Waals surface area contributed by atoms with Crippen molar-refractivity contribution in [2.45, 2.75) is 4.90 Å². The van der Waals surface area contributed by atoms with Crippen LogP contribution < -0.4 is 4.89 Å². The molecule has 0 radical (unpaired) electrons. The molecule has 82 valence electrons. The van der Waals surface area contributed by atoms with E-state index in [1.807, 2.05) is 0 Å². The van der Waals surface area contributed by atoms with Gasteiger partial charge in [0.1, 0.15) is 0 Å². The first-order chi connectivity index (χ1) is 6.99. The monoisotopic (exact) mass is 231 g/mol. The van der Waals surface area contributed by atoms with Gasteiger partial charge in [0, 0.05) is 0 Å². The molecule has 7 heteroatoms. The molecule has 0 atom stereocenters. The minimum absolute atomic E-state index is 0.304. The molecule has 0 saturated carbocycles. The van der Waals surface area contributed by atoms with Gasteiger partial charge in [0.25, 0.3) is 10.0 Å². The van der Waals surface area contributed by atoms with Crippen molar-refractivity contribution in [3.05, 3.63) is 29.8 Å². The van der Waals surface area contributed by atoms with Crippen molar-refractivity contribution in [2.24, 2.45) is 0 Å². The minimum Gasteiger partial charge on any atom is -0.478 e. The maximum Gasteiger partial charge on any atom is 0.337 e. The Hall–Kier alpha value is -1.44. The van der Waals surface area contributed by atoms with Crippen molar-refractivity contribution in [2.75, 3.05) is 7.11 Å². The average Bonchev–Trinajstić information content (AvgIpc) is 2.17. The molecular formula is C8H9NO5S. The molecular weight excluding hydrogens is 222 g/mol. The molecule has 0 saturated heterocycles. The summed E-state index contributed by atoms with van der Waals surface area (Å²) in [6, 6.07) is 5.25. The molecule has 0 aliphatic carbocycles. The highest BCUT2D eigenvalue weighted by atomic mass is 32.2. The molecule has 0 fully saturated rings. The van der Waals surface area contributed by atoms with Gasteiger partial charge in [-0.1, -0.05) is 17.0 Å². The molecule has 15 heavy (non-hydrogen) atoms. The third-order valence-electron chi connectivity index (χ3n) is 1.60. The van der Waals surface area contributed by atoms with Crippen molar-refractivity contribution < 1.29 is 23.2 Å². The number of carbonyl (C=O) groups is 1. The Labute approximate surface area is 86.5 Å². The summed E-state index contributed by atoms with van der Waals surface area (Å²) in [5.74, 6) is -1.31. The molecule has 0 aliphatic heterocycles. The van der Waals surface area contributed by atoms with Gasteiger partial charge in [0.2, 0.25) is 0 Å². The highest BCUT2D eigenvalue weighted by Crippen LogP contribution is 2.14. The summed E-state index contributed by atoms with van der Waals surface area (Å²) < 4.78 is 22.9. The van der Waals surface area contributed by atoms with Crippen LogP contribution in [0, 0.1) is 0 Å². The molecule has 0 heterocycles. The van der Waals surface area contributed by atoms with E-state index < -0.39 is 16.0 Å². The van der Waals surface area contributed by atoms with E-state index in [2.05, 4.69) is 4.84 Å². The van der Waals surface area contributed by atoms with Crippen LogP contribution >= 0.6 is 0 Å². The van der Waals surface area contributed by atoms with Gasteiger partial charge >= 0.3 is 5.97 Å². The highest BCUT2D eigenvalue weighted by molar-refractivity contribution is 7.89. The van der Waals surface area contributed by atoms with Crippen molar-refractivity contribution >= 4 is 16.0 Å². The SMILES string of the molecule is CONS(=O)(=O)c1ccccc1C(=O)O. The normalized spacial score (nSPS) is 11.3. The predicted molar refractivity (Wildman–Crippen MR) is 50.7 cm³/mol. The smallest absolute Gasteiger partial charge is 0.337 e. The molecule has 0 aliphatic rings. The van der Waals surface area contributed by atoms with E-state index in [1.165, 1.54) is 24.3 Å². The molecule has 0 spiro atoms. The zero-order valence-electron chi connectivity index (χ0n) is 7.80. The number of nitrogens with one attached hydrogen (secondary N) is 1. The summed E-state index contributed by atoms with van der Waals surface area (Å²) in [7, 11) is -2.81. The van der Waals surface area contributed by atoms with Crippen molar-refractivity contribution in [1.82, 2.24) is 4.89 Å². The second-order valence-corrected chi connectivity index (χ2v) is 4.21. The van der Waals surface area contributed by atoms with Crippen LogP contribution in [0.5, 0.6) is 0 Å². The van der Waals surface area contributed by atoms with E-state index >= 15 is 0 Å². The summed E-state index contributed by atoms with van der Waals surface area (Å²) in [6.45, 7) is 0. The van der Waals surface area contributed by atoms with Crippen LogP contribution in [0.4, 0.5) is 0 Å². The van der Waals surface area contributed by atoms with Gasteiger partial charge < -0.3 is 5.11 Å². The van der Waals surface area contributed by atoms with E-state index in [0.717, 1.165) is 7.11 Å². The van der Waals surface area contributed by atoms with Crippen LogP contribution in [0.1, 0.15) is 10.4 Å². The fourth-order valence-corrected chi connectivity index (χ4v) is 2.04. The minimum atomic E-state index is -3.94. The van der Waals surface area contributed by atoms with Crippen molar-refractivity contribution in [3.63, 3.8) is 0 Å². The Morgan fingerprint density at radius 2 is 2.00 bits per heavy atom. The number of carboxylic acids is 1. The third kappa shape index (κ3) is 2.52. The fourth-order valence-electron chi connectivity index (χ4n) is 1.03. The Morgan fingerprint density at radius 3 is 2.53 bits per heavy atom. The fraction of sp³-hybridized carbons (Fsp3) is 0.125. The van der Waals surface area contributed by atoms with Crippen LogP contribution in [-0.2, 0) is 14.9 Å². The molecule has 0 aromatic heterocycles. The molecule has 2 N–H and O–H groups in total. The van der Waals surface area contributed by atoms with Crippen molar-refractivity contribution in [3.8, 4) is 0 Å². The van der Waals surface area contributed by atoms with Gasteiger partial charge in [-0.15, -0.1) is 0 Å². The third-order valence-corrected chi connectivity index (χ3v) is 2.92. The summed E-state index contributed by atoms with van der Waals surface area (Å²) >= 11 is 0. The first-order valence-corrected chi connectivity index (χ1v) is 5.34. The van der Waals surface area contributed by atoms with Gasteiger partial charge in [0.15, 0.2) is 0 Å². The summed E-state index contributed by atoms with van der Waals surface area (Å²) in [4.78, 5) is 16.4. The average molecular weight is 231 g/mol. The quantitative estimate of drug-likeness (QED) is 0.723. The maximum absolute atomic E-state index is 11.5. The van der Waals surface area contributed by atoms with Crippen LogP contribution in [0.2, 0.25) is 0 Å². The number of benzene rings is 1. The standard InChI is InChI=1S/C8H9NO5S/c1-14-9-15(12,13)7-5-3-2-4-6(7)8(10)11/h2-5,9H,1H3,(H,10,11). The molecule has 1 aromatic carbocycles. The van der Waals surface area contributed by atoms with Crippen LogP contribution in [0.3, 0.4) is 0 Å². The zero-order valence-corrected chi connectivity index (χ0v) is 8.61. The highest BCUT2D eigenvalue weighted by Gasteiger charge is 2.21. The number of aromatic carboxylic acids is 1. The number of hydrogen-bond acceptors (Lipinski definition) is 4. The lowest BCUT2D eigenvalue weighted by atomic mass is 10.2. The van der Waals surface area contributed by atoms with Gasteiger partial charge in [0.05, 0.1) is 17.6 Å². The van der Waals surface area contributed by atoms with E-state index in [4.69, 9.17) is 5.11 Å². The first kappa shape index (κ1) is 11.6. The summed E-state index contributed by atoms with van der Waals surface area (Å²) in [6.07, 6.45) is 0. The van der Waals surface area contributed by atoms with E-state index in [9.17, 15) is 13.2 Å². The van der Waals surface area contributed by atoms with E-state index in [-0.39, 0.29) is 10.5 Å². The lowest BCUT2D eigenvalue weighted by molar-refractivity contribution is 0.0692. The number of carboxylic acid groups (broad SMARTS) is 1. The molecule has 0 unspecified atom stereocenters. The number of hydrogen-bond donors (Lipinski definition) is 2. The Bertz CT molecular complexity index is 468. The van der Waals surface area contributed by atoms with E-state index in [1.54, 1.807) is 4.89 Å². The van der Waals surface area contributed by atoms with Crippen LogP contribution in [-0.4, -0.2) is 26.6 Å². The largest absolute Gasteiger partial charge is 0.478 e. The van der Waals surface area contributed by atoms with E-state index in [0.29, 0.717) is 0 Å². The number of sulfonamides is 1. The molecule has 6 nitrogen and oxygen atoms in total. The predicted octanol–water partition coefficient (Wildman–Crippen LogP) is 0.224.